The van der Waals surface area contributed by atoms with E-state index in [4.69, 9.17) is 4.52 Å². The summed E-state index contributed by atoms with van der Waals surface area (Å²) in [4.78, 5) is 6.39. The number of aromatic nitrogens is 1. The Hall–Kier alpha value is -1.66. The number of piperazine rings is 1. The third-order valence-electron chi connectivity index (χ3n) is 4.26. The molecule has 1 aliphatic rings. The fourth-order valence-corrected chi connectivity index (χ4v) is 4.30. The van der Waals surface area contributed by atoms with Gasteiger partial charge in [0.15, 0.2) is 5.96 Å². The average molecular weight is 505 g/mol. The molecule has 3 rings (SSSR count). The molecule has 0 atom stereocenters. The molecule has 10 heteroatoms. The Morgan fingerprint density at radius 3 is 2.48 bits per heavy atom. The summed E-state index contributed by atoms with van der Waals surface area (Å²) in [5.41, 5.74) is 1.59. The first-order valence-corrected chi connectivity index (χ1v) is 10.1. The van der Waals surface area contributed by atoms with E-state index in [1.54, 1.807) is 13.1 Å². The number of rotatable bonds is 5. The molecule has 27 heavy (non-hydrogen) atoms. The van der Waals surface area contributed by atoms with E-state index in [0.717, 1.165) is 5.96 Å². The zero-order valence-corrected chi connectivity index (χ0v) is 18.3. The fourth-order valence-electron chi connectivity index (χ4n) is 2.88. The first-order chi connectivity index (χ1) is 12.6. The van der Waals surface area contributed by atoms with Gasteiger partial charge in [0.05, 0.1) is 5.69 Å². The molecule has 0 bridgehead atoms. The van der Waals surface area contributed by atoms with Gasteiger partial charge >= 0.3 is 0 Å². The van der Waals surface area contributed by atoms with Crippen molar-refractivity contribution in [3.8, 4) is 0 Å². The van der Waals surface area contributed by atoms with Gasteiger partial charge in [0.25, 0.3) is 0 Å². The predicted octanol–water partition coefficient (Wildman–Crippen LogP) is 1.52. The van der Waals surface area contributed by atoms with Crippen LogP contribution in [-0.2, 0) is 22.3 Å². The summed E-state index contributed by atoms with van der Waals surface area (Å²) < 4.78 is 31.2. The zero-order valence-electron chi connectivity index (χ0n) is 15.1. The van der Waals surface area contributed by atoms with Crippen molar-refractivity contribution in [1.29, 1.82) is 0 Å². The van der Waals surface area contributed by atoms with Crippen molar-refractivity contribution < 1.29 is 12.9 Å². The summed E-state index contributed by atoms with van der Waals surface area (Å²) in [7, 11) is -1.66. The van der Waals surface area contributed by atoms with Gasteiger partial charge in [0.2, 0.25) is 10.0 Å². The maximum Gasteiger partial charge on any atom is 0.220 e. The number of nitrogens with one attached hydrogen (secondary N) is 1. The Balaban J connectivity index is 0.00000261. The van der Waals surface area contributed by atoms with Crippen molar-refractivity contribution in [2.75, 3.05) is 33.2 Å². The van der Waals surface area contributed by atoms with Gasteiger partial charge in [0.1, 0.15) is 12.0 Å². The number of guanidine groups is 1. The Morgan fingerprint density at radius 1 is 1.19 bits per heavy atom. The molecule has 0 amide bonds. The number of halogens is 1. The van der Waals surface area contributed by atoms with Gasteiger partial charge in [-0.2, -0.15) is 4.31 Å². The summed E-state index contributed by atoms with van der Waals surface area (Å²) in [6.07, 6.45) is 1.38. The summed E-state index contributed by atoms with van der Waals surface area (Å²) >= 11 is 0. The summed E-state index contributed by atoms with van der Waals surface area (Å²) in [5, 5.41) is 7.02. The number of hydrogen-bond acceptors (Lipinski definition) is 5. The van der Waals surface area contributed by atoms with Gasteiger partial charge in [-0.05, 0) is 5.56 Å². The minimum absolute atomic E-state index is 0. The van der Waals surface area contributed by atoms with E-state index in [1.165, 1.54) is 16.1 Å². The topological polar surface area (TPSA) is 91.0 Å². The first kappa shape index (κ1) is 21.6. The van der Waals surface area contributed by atoms with Gasteiger partial charge in [0, 0.05) is 45.8 Å². The van der Waals surface area contributed by atoms with Crippen LogP contribution in [0.3, 0.4) is 0 Å². The molecule has 2 heterocycles. The van der Waals surface area contributed by atoms with Gasteiger partial charge in [-0.15, -0.1) is 24.0 Å². The molecule has 1 saturated heterocycles. The lowest BCUT2D eigenvalue weighted by Gasteiger charge is -2.35. The molecule has 1 aliphatic heterocycles. The fraction of sp³-hybridized carbons (Fsp3) is 0.412. The Bertz CT molecular complexity index is 820. The van der Waals surface area contributed by atoms with Gasteiger partial charge in [-0.25, -0.2) is 8.42 Å². The third-order valence-corrected chi connectivity index (χ3v) is 6.07. The van der Waals surface area contributed by atoms with E-state index in [1.807, 2.05) is 18.2 Å². The van der Waals surface area contributed by atoms with E-state index < -0.39 is 10.0 Å². The standard InChI is InChI=1S/C17H23N5O3S.HI/c1-18-17(19-13-15-5-3-2-4-6-15)21-8-10-22(11-9-21)26(23,24)14-16-7-12-25-20-16;/h2-7,12H,8-11,13-14H2,1H3,(H,18,19);1H. The normalized spacial score (nSPS) is 16.0. The van der Waals surface area contributed by atoms with E-state index >= 15 is 0 Å². The lowest BCUT2D eigenvalue weighted by Crippen LogP contribution is -2.53. The number of sulfonamides is 1. The minimum Gasteiger partial charge on any atom is -0.364 e. The third kappa shape index (κ3) is 5.91. The molecule has 148 valence electrons. The maximum atomic E-state index is 12.5. The van der Waals surface area contributed by atoms with Gasteiger partial charge < -0.3 is 14.7 Å². The minimum atomic E-state index is -3.39. The zero-order chi connectivity index (χ0) is 18.4. The molecular formula is C17H24IN5O3S. The van der Waals surface area contributed by atoms with E-state index in [2.05, 4.69) is 32.5 Å². The molecule has 0 radical (unpaired) electrons. The molecule has 1 fully saturated rings. The molecule has 0 spiro atoms. The number of benzene rings is 1. The first-order valence-electron chi connectivity index (χ1n) is 8.45. The highest BCUT2D eigenvalue weighted by molar-refractivity contribution is 14.0. The Morgan fingerprint density at radius 2 is 1.89 bits per heavy atom. The molecule has 0 saturated carbocycles. The highest BCUT2D eigenvalue weighted by atomic mass is 127. The molecule has 8 nitrogen and oxygen atoms in total. The van der Waals surface area contributed by atoms with Crippen molar-refractivity contribution in [3.63, 3.8) is 0 Å². The van der Waals surface area contributed by atoms with Crippen LogP contribution >= 0.6 is 24.0 Å². The highest BCUT2D eigenvalue weighted by Gasteiger charge is 2.28. The van der Waals surface area contributed by atoms with Crippen LogP contribution in [-0.4, -0.2) is 62.0 Å². The number of nitrogens with zero attached hydrogens (tertiary/aromatic N) is 4. The largest absolute Gasteiger partial charge is 0.364 e. The molecule has 2 aromatic rings. The molecular weight excluding hydrogens is 481 g/mol. The second kappa shape index (κ2) is 10.0. The summed E-state index contributed by atoms with van der Waals surface area (Å²) in [5.74, 6) is 0.646. The summed E-state index contributed by atoms with van der Waals surface area (Å²) in [6, 6.07) is 11.7. The van der Waals surface area contributed by atoms with Gasteiger partial charge in [-0.1, -0.05) is 35.5 Å². The van der Waals surface area contributed by atoms with Crippen LogP contribution in [0.2, 0.25) is 0 Å². The van der Waals surface area contributed by atoms with Crippen molar-refractivity contribution in [3.05, 3.63) is 53.9 Å². The molecule has 1 aromatic carbocycles. The number of aliphatic imine (C=N–C) groups is 1. The van der Waals surface area contributed by atoms with Crippen molar-refractivity contribution in [2.24, 2.45) is 4.99 Å². The lowest BCUT2D eigenvalue weighted by atomic mass is 10.2. The molecule has 1 N–H and O–H groups in total. The smallest absolute Gasteiger partial charge is 0.220 e. The number of hydrogen-bond donors (Lipinski definition) is 1. The van der Waals surface area contributed by atoms with Crippen LogP contribution in [0.1, 0.15) is 11.3 Å². The summed E-state index contributed by atoms with van der Waals surface area (Å²) in [6.45, 7) is 2.70. The van der Waals surface area contributed by atoms with Gasteiger partial charge in [-0.3, -0.25) is 4.99 Å². The van der Waals surface area contributed by atoms with Crippen LogP contribution in [0.25, 0.3) is 0 Å². The van der Waals surface area contributed by atoms with E-state index in [-0.39, 0.29) is 29.7 Å². The van der Waals surface area contributed by atoms with Crippen LogP contribution in [0, 0.1) is 0 Å². The van der Waals surface area contributed by atoms with Crippen LogP contribution < -0.4 is 5.32 Å². The van der Waals surface area contributed by atoms with Crippen molar-refractivity contribution in [2.45, 2.75) is 12.3 Å². The predicted molar refractivity (Wildman–Crippen MR) is 114 cm³/mol. The van der Waals surface area contributed by atoms with Crippen molar-refractivity contribution in [1.82, 2.24) is 19.7 Å². The maximum absolute atomic E-state index is 12.5. The lowest BCUT2D eigenvalue weighted by molar-refractivity contribution is 0.259. The van der Waals surface area contributed by atoms with Crippen molar-refractivity contribution >= 4 is 40.0 Å². The Labute approximate surface area is 176 Å². The monoisotopic (exact) mass is 505 g/mol. The van der Waals surface area contributed by atoms with E-state index in [0.29, 0.717) is 38.4 Å². The average Bonchev–Trinajstić information content (AvgIpc) is 3.16. The SMILES string of the molecule is CN=C(NCc1ccccc1)N1CCN(S(=O)(=O)Cc2ccon2)CC1.I. The quantitative estimate of drug-likeness (QED) is 0.377. The highest BCUT2D eigenvalue weighted by Crippen LogP contribution is 2.13. The Kier molecular flexibility index (Phi) is 8.05. The van der Waals surface area contributed by atoms with Crippen LogP contribution in [0.4, 0.5) is 0 Å². The molecule has 0 unspecified atom stereocenters. The second-order valence-electron chi connectivity index (χ2n) is 6.02. The van der Waals surface area contributed by atoms with Crippen LogP contribution in [0.15, 0.2) is 52.2 Å². The van der Waals surface area contributed by atoms with Crippen LogP contribution in [0.5, 0.6) is 0 Å². The molecule has 1 aromatic heterocycles. The molecule has 0 aliphatic carbocycles. The van der Waals surface area contributed by atoms with E-state index in [9.17, 15) is 8.42 Å². The second-order valence-corrected chi connectivity index (χ2v) is 7.99.